The maximum atomic E-state index is 13.6. The SMILES string of the molecule is CN=C(NCc1cc(F)ccc1F)NCc1cccnc1OC. The molecule has 2 rings (SSSR count). The topological polar surface area (TPSA) is 58.5 Å². The van der Waals surface area contributed by atoms with E-state index in [1.54, 1.807) is 26.4 Å². The van der Waals surface area contributed by atoms with Gasteiger partial charge in [0.05, 0.1) is 7.11 Å². The number of hydrogen-bond donors (Lipinski definition) is 2. The number of methoxy groups -OCH3 is 1. The van der Waals surface area contributed by atoms with Gasteiger partial charge >= 0.3 is 0 Å². The molecule has 1 heterocycles. The zero-order valence-electron chi connectivity index (χ0n) is 12.9. The third-order valence-corrected chi connectivity index (χ3v) is 3.17. The number of guanidine groups is 1. The van der Waals surface area contributed by atoms with Crippen molar-refractivity contribution in [2.24, 2.45) is 4.99 Å². The van der Waals surface area contributed by atoms with Crippen LogP contribution in [0.15, 0.2) is 41.5 Å². The summed E-state index contributed by atoms with van der Waals surface area (Å²) in [6.07, 6.45) is 1.64. The molecule has 122 valence electrons. The normalized spacial score (nSPS) is 11.2. The molecule has 0 aliphatic rings. The lowest BCUT2D eigenvalue weighted by molar-refractivity contribution is 0.392. The van der Waals surface area contributed by atoms with E-state index >= 15 is 0 Å². The van der Waals surface area contributed by atoms with Gasteiger partial charge in [0.15, 0.2) is 5.96 Å². The van der Waals surface area contributed by atoms with E-state index < -0.39 is 11.6 Å². The molecule has 2 aromatic rings. The van der Waals surface area contributed by atoms with E-state index in [0.717, 1.165) is 23.8 Å². The van der Waals surface area contributed by atoms with Crippen LogP contribution in [0.1, 0.15) is 11.1 Å². The third kappa shape index (κ3) is 4.64. The molecule has 23 heavy (non-hydrogen) atoms. The molecule has 0 atom stereocenters. The summed E-state index contributed by atoms with van der Waals surface area (Å²) < 4.78 is 31.9. The van der Waals surface area contributed by atoms with Crippen molar-refractivity contribution in [2.75, 3.05) is 14.2 Å². The van der Waals surface area contributed by atoms with Crippen LogP contribution in [0.4, 0.5) is 8.78 Å². The highest BCUT2D eigenvalue weighted by atomic mass is 19.1. The minimum absolute atomic E-state index is 0.118. The van der Waals surface area contributed by atoms with Gasteiger partial charge < -0.3 is 15.4 Å². The predicted molar refractivity (Wildman–Crippen MR) is 84.2 cm³/mol. The van der Waals surface area contributed by atoms with Crippen molar-refractivity contribution in [3.63, 3.8) is 0 Å². The maximum Gasteiger partial charge on any atom is 0.218 e. The highest BCUT2D eigenvalue weighted by Gasteiger charge is 2.07. The molecule has 0 fully saturated rings. The average molecular weight is 320 g/mol. The van der Waals surface area contributed by atoms with Crippen molar-refractivity contribution in [3.05, 3.63) is 59.3 Å². The first kappa shape index (κ1) is 16.7. The van der Waals surface area contributed by atoms with Crippen molar-refractivity contribution in [3.8, 4) is 5.88 Å². The number of benzene rings is 1. The Kier molecular flexibility index (Phi) is 5.85. The van der Waals surface area contributed by atoms with E-state index in [1.807, 2.05) is 6.07 Å². The summed E-state index contributed by atoms with van der Waals surface area (Å²) in [6, 6.07) is 7.01. The Morgan fingerprint density at radius 2 is 1.91 bits per heavy atom. The van der Waals surface area contributed by atoms with Crippen LogP contribution < -0.4 is 15.4 Å². The molecule has 7 heteroatoms. The van der Waals surface area contributed by atoms with Crippen molar-refractivity contribution in [1.82, 2.24) is 15.6 Å². The summed E-state index contributed by atoms with van der Waals surface area (Å²) in [5.41, 5.74) is 1.08. The van der Waals surface area contributed by atoms with Gasteiger partial charge in [-0.25, -0.2) is 13.8 Å². The molecule has 0 bridgehead atoms. The van der Waals surface area contributed by atoms with Crippen LogP contribution in [-0.2, 0) is 13.1 Å². The Bertz CT molecular complexity index is 692. The third-order valence-electron chi connectivity index (χ3n) is 3.17. The summed E-state index contributed by atoms with van der Waals surface area (Å²) in [4.78, 5) is 8.14. The van der Waals surface area contributed by atoms with Gasteiger partial charge in [-0.1, -0.05) is 6.07 Å². The standard InChI is InChI=1S/C16H18F2N4O/c1-19-16(21-9-11-4-3-7-20-15(11)23-2)22-10-12-8-13(17)5-6-14(12)18/h3-8H,9-10H2,1-2H3,(H2,19,21,22). The molecule has 1 aromatic heterocycles. The molecule has 0 amide bonds. The largest absolute Gasteiger partial charge is 0.481 e. The lowest BCUT2D eigenvalue weighted by atomic mass is 10.2. The molecule has 0 aliphatic carbocycles. The summed E-state index contributed by atoms with van der Waals surface area (Å²) in [7, 11) is 3.14. The summed E-state index contributed by atoms with van der Waals surface area (Å²) in [6.45, 7) is 0.551. The lowest BCUT2D eigenvalue weighted by Crippen LogP contribution is -2.36. The molecule has 0 saturated carbocycles. The van der Waals surface area contributed by atoms with Gasteiger partial charge in [0.2, 0.25) is 5.88 Å². The molecular formula is C16H18F2N4O. The quantitative estimate of drug-likeness (QED) is 0.655. The van der Waals surface area contributed by atoms with Gasteiger partial charge in [-0.2, -0.15) is 0 Å². The molecule has 0 unspecified atom stereocenters. The molecule has 1 aromatic carbocycles. The maximum absolute atomic E-state index is 13.6. The minimum atomic E-state index is -0.480. The fourth-order valence-electron chi connectivity index (χ4n) is 2.00. The van der Waals surface area contributed by atoms with Crippen molar-refractivity contribution in [1.29, 1.82) is 0 Å². The monoisotopic (exact) mass is 320 g/mol. The lowest BCUT2D eigenvalue weighted by Gasteiger charge is -2.13. The average Bonchev–Trinajstić information content (AvgIpc) is 2.58. The van der Waals surface area contributed by atoms with Crippen LogP contribution in [0, 0.1) is 11.6 Å². The van der Waals surface area contributed by atoms with Crippen LogP contribution in [0.5, 0.6) is 5.88 Å². The molecule has 0 saturated heterocycles. The Labute approximate surface area is 133 Å². The van der Waals surface area contributed by atoms with Crippen molar-refractivity contribution < 1.29 is 13.5 Å². The highest BCUT2D eigenvalue weighted by Crippen LogP contribution is 2.13. The number of rotatable bonds is 5. The zero-order valence-corrected chi connectivity index (χ0v) is 12.9. The number of nitrogens with zero attached hydrogens (tertiary/aromatic N) is 2. The second kappa shape index (κ2) is 8.07. The first-order valence-corrected chi connectivity index (χ1v) is 7.00. The number of aromatic nitrogens is 1. The fourth-order valence-corrected chi connectivity index (χ4v) is 2.00. The van der Waals surface area contributed by atoms with E-state index in [4.69, 9.17) is 4.74 Å². The molecule has 2 N–H and O–H groups in total. The number of aliphatic imine (C=N–C) groups is 1. The Balaban J connectivity index is 1.95. The molecule has 0 spiro atoms. The van der Waals surface area contributed by atoms with Crippen LogP contribution in [0.2, 0.25) is 0 Å². The second-order valence-corrected chi connectivity index (χ2v) is 4.69. The van der Waals surface area contributed by atoms with Crippen LogP contribution in [0.3, 0.4) is 0 Å². The number of nitrogens with one attached hydrogen (secondary N) is 2. The Morgan fingerprint density at radius 3 is 2.61 bits per heavy atom. The van der Waals surface area contributed by atoms with Gasteiger partial charge in [-0.05, 0) is 24.3 Å². The zero-order chi connectivity index (χ0) is 16.7. The molecule has 0 aliphatic heterocycles. The van der Waals surface area contributed by atoms with Crippen LogP contribution in [-0.4, -0.2) is 25.1 Å². The Morgan fingerprint density at radius 1 is 1.17 bits per heavy atom. The molecule has 5 nitrogen and oxygen atoms in total. The van der Waals surface area contributed by atoms with Crippen LogP contribution in [0.25, 0.3) is 0 Å². The predicted octanol–water partition coefficient (Wildman–Crippen LogP) is 2.23. The summed E-state index contributed by atoms with van der Waals surface area (Å²) >= 11 is 0. The van der Waals surface area contributed by atoms with E-state index in [1.165, 1.54) is 0 Å². The van der Waals surface area contributed by atoms with Gasteiger partial charge in [-0.15, -0.1) is 0 Å². The smallest absolute Gasteiger partial charge is 0.218 e. The van der Waals surface area contributed by atoms with E-state index in [-0.39, 0.29) is 12.1 Å². The van der Waals surface area contributed by atoms with Gasteiger partial charge in [0, 0.05) is 37.5 Å². The first-order valence-electron chi connectivity index (χ1n) is 7.00. The van der Waals surface area contributed by atoms with Gasteiger partial charge in [0.25, 0.3) is 0 Å². The molecule has 0 radical (unpaired) electrons. The van der Waals surface area contributed by atoms with Crippen molar-refractivity contribution >= 4 is 5.96 Å². The van der Waals surface area contributed by atoms with Crippen molar-refractivity contribution in [2.45, 2.75) is 13.1 Å². The molecular weight excluding hydrogens is 302 g/mol. The summed E-state index contributed by atoms with van der Waals surface area (Å²) in [5.74, 6) is 0.0284. The number of halogens is 2. The minimum Gasteiger partial charge on any atom is -0.481 e. The van der Waals surface area contributed by atoms with E-state index in [2.05, 4.69) is 20.6 Å². The fraction of sp³-hybridized carbons (Fsp3) is 0.250. The highest BCUT2D eigenvalue weighted by molar-refractivity contribution is 5.79. The van der Waals surface area contributed by atoms with E-state index in [0.29, 0.717) is 18.4 Å². The number of hydrogen-bond acceptors (Lipinski definition) is 3. The second-order valence-electron chi connectivity index (χ2n) is 4.69. The summed E-state index contributed by atoms with van der Waals surface area (Å²) in [5, 5.41) is 6.00. The van der Waals surface area contributed by atoms with Gasteiger partial charge in [-0.3, -0.25) is 4.99 Å². The van der Waals surface area contributed by atoms with Gasteiger partial charge in [0.1, 0.15) is 11.6 Å². The number of ether oxygens (including phenoxy) is 1. The first-order chi connectivity index (χ1) is 11.1. The van der Waals surface area contributed by atoms with Crippen LogP contribution >= 0.6 is 0 Å². The Hall–Kier alpha value is -2.70. The van der Waals surface area contributed by atoms with E-state index in [9.17, 15) is 8.78 Å². The number of pyridine rings is 1.